The van der Waals surface area contributed by atoms with Crippen molar-refractivity contribution in [2.75, 3.05) is 7.11 Å². The molecule has 0 saturated carbocycles. The molecule has 0 aliphatic carbocycles. The Morgan fingerprint density at radius 3 is 2.57 bits per heavy atom. The van der Waals surface area contributed by atoms with Gasteiger partial charge in [0, 0.05) is 11.8 Å². The fourth-order valence-corrected chi connectivity index (χ4v) is 2.21. The molecule has 0 atom stereocenters. The van der Waals surface area contributed by atoms with Gasteiger partial charge in [-0.2, -0.15) is 0 Å². The van der Waals surface area contributed by atoms with E-state index in [1.165, 1.54) is 17.7 Å². The molecule has 0 saturated heterocycles. The molecule has 0 unspecified atom stereocenters. The van der Waals surface area contributed by atoms with E-state index in [-0.39, 0.29) is 17.9 Å². The average Bonchev–Trinajstić information content (AvgIpc) is 2.42. The van der Waals surface area contributed by atoms with Crippen molar-refractivity contribution in [2.45, 2.75) is 27.3 Å². The van der Waals surface area contributed by atoms with Gasteiger partial charge in [-0.25, -0.2) is 4.98 Å². The van der Waals surface area contributed by atoms with Crippen LogP contribution in [-0.2, 0) is 6.54 Å². The van der Waals surface area contributed by atoms with Crippen LogP contribution in [0, 0.1) is 20.8 Å². The highest BCUT2D eigenvalue weighted by atomic mass is 16.5. The monoisotopic (exact) mass is 286 g/mol. The minimum Gasteiger partial charge on any atom is -0.496 e. The summed E-state index contributed by atoms with van der Waals surface area (Å²) in [5.41, 5.74) is 1.90. The van der Waals surface area contributed by atoms with Gasteiger partial charge in [0.15, 0.2) is 5.78 Å². The molecular weight excluding hydrogens is 268 g/mol. The first-order valence-corrected chi connectivity index (χ1v) is 6.65. The van der Waals surface area contributed by atoms with Crippen molar-refractivity contribution in [3.63, 3.8) is 0 Å². The largest absolute Gasteiger partial charge is 0.496 e. The Labute approximate surface area is 123 Å². The lowest BCUT2D eigenvalue weighted by atomic mass is 10.1. The molecule has 1 aromatic heterocycles. The Morgan fingerprint density at radius 2 is 1.95 bits per heavy atom. The second kappa shape index (κ2) is 5.91. The van der Waals surface area contributed by atoms with Crippen molar-refractivity contribution in [1.82, 2.24) is 9.55 Å². The number of aryl methyl sites for hydroxylation is 3. The number of hydrogen-bond acceptors (Lipinski definition) is 4. The quantitative estimate of drug-likeness (QED) is 0.807. The first-order chi connectivity index (χ1) is 9.92. The maximum absolute atomic E-state index is 12.4. The number of carbonyl (C=O) groups is 1. The number of ether oxygens (including phenoxy) is 1. The Balaban J connectivity index is 2.37. The van der Waals surface area contributed by atoms with Crippen LogP contribution in [0.5, 0.6) is 5.75 Å². The summed E-state index contributed by atoms with van der Waals surface area (Å²) >= 11 is 0. The second-order valence-corrected chi connectivity index (χ2v) is 5.00. The van der Waals surface area contributed by atoms with Gasteiger partial charge in [0.2, 0.25) is 0 Å². The molecule has 0 radical (unpaired) electrons. The Hall–Kier alpha value is -2.43. The molecule has 0 aliphatic rings. The minimum atomic E-state index is -0.223. The standard InChI is InChI=1S/C16H18N2O3/c1-10-5-6-13(15(7-10)21-4)14(19)9-18-12(3)17-11(2)8-16(18)20/h5-8H,9H2,1-4H3. The van der Waals surface area contributed by atoms with Crippen molar-refractivity contribution in [3.8, 4) is 5.75 Å². The maximum atomic E-state index is 12.4. The molecule has 1 aromatic carbocycles. The summed E-state index contributed by atoms with van der Waals surface area (Å²) < 4.78 is 6.61. The summed E-state index contributed by atoms with van der Waals surface area (Å²) in [5.74, 6) is 0.868. The fourth-order valence-electron chi connectivity index (χ4n) is 2.21. The minimum absolute atomic E-state index is 0.0443. The third-order valence-electron chi connectivity index (χ3n) is 3.29. The molecule has 0 fully saturated rings. The van der Waals surface area contributed by atoms with E-state index in [0.29, 0.717) is 22.8 Å². The zero-order valence-corrected chi connectivity index (χ0v) is 12.6. The highest BCUT2D eigenvalue weighted by molar-refractivity contribution is 5.98. The van der Waals surface area contributed by atoms with Gasteiger partial charge in [-0.05, 0) is 38.5 Å². The van der Waals surface area contributed by atoms with E-state index in [2.05, 4.69) is 4.98 Å². The lowest BCUT2D eigenvalue weighted by Gasteiger charge is -2.11. The summed E-state index contributed by atoms with van der Waals surface area (Å²) in [6.07, 6.45) is 0. The lowest BCUT2D eigenvalue weighted by Crippen LogP contribution is -2.27. The summed E-state index contributed by atoms with van der Waals surface area (Å²) in [7, 11) is 1.52. The molecule has 2 aromatic rings. The van der Waals surface area contributed by atoms with Gasteiger partial charge >= 0.3 is 0 Å². The molecule has 5 heteroatoms. The average molecular weight is 286 g/mol. The van der Waals surface area contributed by atoms with Crippen LogP contribution in [0.1, 0.15) is 27.4 Å². The van der Waals surface area contributed by atoms with Crippen LogP contribution in [0.2, 0.25) is 0 Å². The molecule has 0 bridgehead atoms. The number of carbonyl (C=O) groups excluding carboxylic acids is 1. The van der Waals surface area contributed by atoms with Crippen LogP contribution in [0.3, 0.4) is 0 Å². The van der Waals surface area contributed by atoms with E-state index in [9.17, 15) is 9.59 Å². The van der Waals surface area contributed by atoms with Crippen LogP contribution in [0.15, 0.2) is 29.1 Å². The van der Waals surface area contributed by atoms with Gasteiger partial charge < -0.3 is 4.74 Å². The van der Waals surface area contributed by atoms with E-state index in [4.69, 9.17) is 4.74 Å². The van der Waals surface area contributed by atoms with Crippen molar-refractivity contribution >= 4 is 5.78 Å². The number of nitrogens with zero attached hydrogens (tertiary/aromatic N) is 2. The SMILES string of the molecule is COc1cc(C)ccc1C(=O)Cn1c(C)nc(C)cc1=O. The number of hydrogen-bond donors (Lipinski definition) is 0. The highest BCUT2D eigenvalue weighted by Crippen LogP contribution is 2.20. The van der Waals surface area contributed by atoms with E-state index in [0.717, 1.165) is 5.56 Å². The summed E-state index contributed by atoms with van der Waals surface area (Å²) in [6.45, 7) is 5.35. The number of benzene rings is 1. The van der Waals surface area contributed by atoms with E-state index >= 15 is 0 Å². The number of methoxy groups -OCH3 is 1. The molecule has 0 amide bonds. The van der Waals surface area contributed by atoms with Gasteiger partial charge in [0.25, 0.3) is 5.56 Å². The number of ketones is 1. The maximum Gasteiger partial charge on any atom is 0.254 e. The molecule has 1 heterocycles. The van der Waals surface area contributed by atoms with Crippen LogP contribution in [-0.4, -0.2) is 22.4 Å². The Kier molecular flexibility index (Phi) is 4.21. The van der Waals surface area contributed by atoms with Crippen LogP contribution < -0.4 is 10.3 Å². The van der Waals surface area contributed by atoms with Gasteiger partial charge in [0.1, 0.15) is 11.6 Å². The predicted octanol–water partition coefficient (Wildman–Crippen LogP) is 2.06. The zero-order chi connectivity index (χ0) is 15.6. The molecule has 0 aliphatic heterocycles. The molecule has 0 spiro atoms. The number of rotatable bonds is 4. The topological polar surface area (TPSA) is 61.2 Å². The number of Topliss-reactive ketones (excluding diaryl/α,β-unsaturated/α-hetero) is 1. The van der Waals surface area contributed by atoms with E-state index < -0.39 is 0 Å². The second-order valence-electron chi connectivity index (χ2n) is 5.00. The van der Waals surface area contributed by atoms with Crippen LogP contribution >= 0.6 is 0 Å². The number of aromatic nitrogens is 2. The first kappa shape index (κ1) is 15.0. The molecule has 0 N–H and O–H groups in total. The van der Waals surface area contributed by atoms with Crippen LogP contribution in [0.4, 0.5) is 0 Å². The van der Waals surface area contributed by atoms with E-state index in [1.807, 2.05) is 13.0 Å². The third kappa shape index (κ3) is 3.18. The summed E-state index contributed by atoms with van der Waals surface area (Å²) in [6, 6.07) is 6.79. The lowest BCUT2D eigenvalue weighted by molar-refractivity contribution is 0.0966. The van der Waals surface area contributed by atoms with Crippen molar-refractivity contribution in [3.05, 3.63) is 57.3 Å². The molecule has 110 valence electrons. The fraction of sp³-hybridized carbons (Fsp3) is 0.312. The first-order valence-electron chi connectivity index (χ1n) is 6.65. The van der Waals surface area contributed by atoms with Gasteiger partial charge in [-0.15, -0.1) is 0 Å². The Morgan fingerprint density at radius 1 is 1.24 bits per heavy atom. The van der Waals surface area contributed by atoms with Crippen molar-refractivity contribution in [2.24, 2.45) is 0 Å². The van der Waals surface area contributed by atoms with Crippen LogP contribution in [0.25, 0.3) is 0 Å². The van der Waals surface area contributed by atoms with Gasteiger partial charge in [-0.1, -0.05) is 6.07 Å². The van der Waals surface area contributed by atoms with Crippen molar-refractivity contribution < 1.29 is 9.53 Å². The molecular formula is C16H18N2O3. The van der Waals surface area contributed by atoms with E-state index in [1.54, 1.807) is 26.0 Å². The Bertz CT molecular complexity index is 748. The normalized spacial score (nSPS) is 10.5. The molecule has 21 heavy (non-hydrogen) atoms. The van der Waals surface area contributed by atoms with Gasteiger partial charge in [0.05, 0.1) is 19.2 Å². The molecule has 2 rings (SSSR count). The van der Waals surface area contributed by atoms with Gasteiger partial charge in [-0.3, -0.25) is 14.2 Å². The summed E-state index contributed by atoms with van der Waals surface area (Å²) in [5, 5.41) is 0. The summed E-state index contributed by atoms with van der Waals surface area (Å²) in [4.78, 5) is 28.6. The molecule has 5 nitrogen and oxygen atoms in total. The predicted molar refractivity (Wildman–Crippen MR) is 80.0 cm³/mol. The smallest absolute Gasteiger partial charge is 0.254 e. The van der Waals surface area contributed by atoms with Crippen molar-refractivity contribution in [1.29, 1.82) is 0 Å². The highest BCUT2D eigenvalue weighted by Gasteiger charge is 2.15. The zero-order valence-electron chi connectivity index (χ0n) is 12.6. The third-order valence-corrected chi connectivity index (χ3v) is 3.29.